The van der Waals surface area contributed by atoms with Gasteiger partial charge in [0.25, 0.3) is 0 Å². The minimum absolute atomic E-state index is 0.304. The van der Waals surface area contributed by atoms with E-state index in [1.165, 1.54) is 31.0 Å². The van der Waals surface area contributed by atoms with Crippen LogP contribution in [0, 0.1) is 5.92 Å². The van der Waals surface area contributed by atoms with Crippen LogP contribution in [0.5, 0.6) is 0 Å². The Morgan fingerprint density at radius 2 is 2.27 bits per heavy atom. The van der Waals surface area contributed by atoms with Crippen molar-refractivity contribution in [2.45, 2.75) is 38.8 Å². The predicted octanol–water partition coefficient (Wildman–Crippen LogP) is 1.81. The molecule has 0 aromatic carbocycles. The van der Waals surface area contributed by atoms with E-state index in [-0.39, 0.29) is 0 Å². The summed E-state index contributed by atoms with van der Waals surface area (Å²) in [6.45, 7) is 10.6. The van der Waals surface area contributed by atoms with Crippen molar-refractivity contribution >= 4 is 11.8 Å². The maximum Gasteiger partial charge on any atom is 0.0252 e. The molecule has 2 rings (SSSR count). The summed E-state index contributed by atoms with van der Waals surface area (Å²) in [5, 5.41) is 3.62. The third-order valence-electron chi connectivity index (χ3n) is 3.61. The number of nitrogens with one attached hydrogen (secondary N) is 1. The van der Waals surface area contributed by atoms with Crippen LogP contribution >= 0.6 is 11.8 Å². The molecule has 0 saturated carbocycles. The van der Waals surface area contributed by atoms with E-state index < -0.39 is 0 Å². The molecule has 0 amide bonds. The highest BCUT2D eigenvalue weighted by Gasteiger charge is 2.31. The molecule has 2 heterocycles. The van der Waals surface area contributed by atoms with Gasteiger partial charge in [-0.15, -0.1) is 0 Å². The Balaban J connectivity index is 1.88. The fourth-order valence-corrected chi connectivity index (χ4v) is 3.85. The Labute approximate surface area is 98.2 Å². The van der Waals surface area contributed by atoms with Gasteiger partial charge in [0.1, 0.15) is 0 Å². The van der Waals surface area contributed by atoms with Crippen LogP contribution in [0.3, 0.4) is 0 Å². The maximum atomic E-state index is 3.62. The van der Waals surface area contributed by atoms with Gasteiger partial charge in [0, 0.05) is 31.2 Å². The Hall–Kier alpha value is 0.270. The van der Waals surface area contributed by atoms with Gasteiger partial charge in [-0.25, -0.2) is 0 Å². The molecule has 2 aliphatic rings. The molecule has 2 unspecified atom stereocenters. The van der Waals surface area contributed by atoms with Crippen LogP contribution in [0.4, 0.5) is 0 Å². The van der Waals surface area contributed by atoms with Crippen molar-refractivity contribution in [3.63, 3.8) is 0 Å². The van der Waals surface area contributed by atoms with Crippen LogP contribution in [0.25, 0.3) is 0 Å². The number of rotatable bonds is 2. The largest absolute Gasteiger partial charge is 0.309 e. The number of hydrogen-bond donors (Lipinski definition) is 1. The second-order valence-corrected chi connectivity index (χ2v) is 6.92. The van der Waals surface area contributed by atoms with Crippen LogP contribution in [0.15, 0.2) is 0 Å². The van der Waals surface area contributed by atoms with Crippen LogP contribution in [0.1, 0.15) is 27.2 Å². The summed E-state index contributed by atoms with van der Waals surface area (Å²) in [6.07, 6.45) is 1.43. The van der Waals surface area contributed by atoms with Gasteiger partial charge < -0.3 is 5.32 Å². The van der Waals surface area contributed by atoms with E-state index in [9.17, 15) is 0 Å². The third kappa shape index (κ3) is 3.11. The van der Waals surface area contributed by atoms with Crippen molar-refractivity contribution in [2.24, 2.45) is 5.92 Å². The van der Waals surface area contributed by atoms with Crippen LogP contribution in [0.2, 0.25) is 0 Å². The van der Waals surface area contributed by atoms with Crippen molar-refractivity contribution in [2.75, 3.05) is 31.1 Å². The molecule has 0 radical (unpaired) electrons. The lowest BCUT2D eigenvalue weighted by Gasteiger charge is -2.44. The zero-order valence-electron chi connectivity index (χ0n) is 10.3. The van der Waals surface area contributed by atoms with E-state index in [1.807, 2.05) is 0 Å². The SMILES string of the molecule is CC1CNC(C)(C)CN1CC1CCSC1. The number of nitrogens with zero attached hydrogens (tertiary/aromatic N) is 1. The Morgan fingerprint density at radius 3 is 2.93 bits per heavy atom. The van der Waals surface area contributed by atoms with Gasteiger partial charge in [0.05, 0.1) is 0 Å². The molecule has 88 valence electrons. The zero-order valence-corrected chi connectivity index (χ0v) is 11.1. The van der Waals surface area contributed by atoms with E-state index >= 15 is 0 Å². The van der Waals surface area contributed by atoms with Gasteiger partial charge in [-0.1, -0.05) is 0 Å². The van der Waals surface area contributed by atoms with Gasteiger partial charge in [-0.3, -0.25) is 4.90 Å². The minimum atomic E-state index is 0.304. The lowest BCUT2D eigenvalue weighted by molar-refractivity contribution is 0.0915. The van der Waals surface area contributed by atoms with Crippen LogP contribution in [-0.4, -0.2) is 47.6 Å². The molecular formula is C12H24N2S. The molecule has 0 aliphatic carbocycles. The molecule has 2 aliphatic heterocycles. The average molecular weight is 228 g/mol. The molecule has 3 heteroatoms. The Morgan fingerprint density at radius 1 is 1.47 bits per heavy atom. The topological polar surface area (TPSA) is 15.3 Å². The molecule has 0 bridgehead atoms. The molecular weight excluding hydrogens is 204 g/mol. The van der Waals surface area contributed by atoms with Gasteiger partial charge in [0.15, 0.2) is 0 Å². The van der Waals surface area contributed by atoms with Crippen molar-refractivity contribution in [3.05, 3.63) is 0 Å². The number of hydrogen-bond acceptors (Lipinski definition) is 3. The molecule has 2 saturated heterocycles. The van der Waals surface area contributed by atoms with Crippen LogP contribution in [-0.2, 0) is 0 Å². The van der Waals surface area contributed by atoms with Crippen molar-refractivity contribution in [1.29, 1.82) is 0 Å². The summed E-state index contributed by atoms with van der Waals surface area (Å²) in [6, 6.07) is 0.712. The second kappa shape index (κ2) is 4.64. The molecule has 1 N–H and O–H groups in total. The van der Waals surface area contributed by atoms with Crippen molar-refractivity contribution in [3.8, 4) is 0 Å². The highest BCUT2D eigenvalue weighted by atomic mass is 32.2. The summed E-state index contributed by atoms with van der Waals surface area (Å²) in [5.41, 5.74) is 0.304. The minimum Gasteiger partial charge on any atom is -0.309 e. The smallest absolute Gasteiger partial charge is 0.0252 e. The fraction of sp³-hybridized carbons (Fsp3) is 1.00. The first kappa shape index (κ1) is 11.7. The summed E-state index contributed by atoms with van der Waals surface area (Å²) in [5.74, 6) is 3.72. The van der Waals surface area contributed by atoms with E-state index in [0.717, 1.165) is 12.5 Å². The maximum absolute atomic E-state index is 3.62. The quantitative estimate of drug-likeness (QED) is 0.776. The molecule has 0 aromatic rings. The van der Waals surface area contributed by atoms with E-state index in [0.29, 0.717) is 11.6 Å². The number of piperazine rings is 1. The third-order valence-corrected chi connectivity index (χ3v) is 4.85. The first-order valence-electron chi connectivity index (χ1n) is 6.14. The molecule has 15 heavy (non-hydrogen) atoms. The van der Waals surface area contributed by atoms with E-state index in [1.54, 1.807) is 0 Å². The average Bonchev–Trinajstić information content (AvgIpc) is 2.64. The first-order chi connectivity index (χ1) is 7.07. The molecule has 0 spiro atoms. The van der Waals surface area contributed by atoms with E-state index in [4.69, 9.17) is 0 Å². The molecule has 2 atom stereocenters. The van der Waals surface area contributed by atoms with Gasteiger partial charge in [-0.05, 0) is 44.6 Å². The molecule has 0 aromatic heterocycles. The summed E-state index contributed by atoms with van der Waals surface area (Å²) in [7, 11) is 0. The zero-order chi connectivity index (χ0) is 10.9. The lowest BCUT2D eigenvalue weighted by atomic mass is 9.97. The highest BCUT2D eigenvalue weighted by Crippen LogP contribution is 2.26. The van der Waals surface area contributed by atoms with Gasteiger partial charge in [-0.2, -0.15) is 11.8 Å². The van der Waals surface area contributed by atoms with Gasteiger partial charge in [0.2, 0.25) is 0 Å². The summed E-state index contributed by atoms with van der Waals surface area (Å²) < 4.78 is 0. The highest BCUT2D eigenvalue weighted by molar-refractivity contribution is 7.99. The van der Waals surface area contributed by atoms with E-state index in [2.05, 4.69) is 42.7 Å². The Kier molecular flexibility index (Phi) is 3.63. The Bertz CT molecular complexity index is 212. The van der Waals surface area contributed by atoms with Crippen LogP contribution < -0.4 is 5.32 Å². The molecule has 2 fully saturated rings. The monoisotopic (exact) mass is 228 g/mol. The summed E-state index contributed by atoms with van der Waals surface area (Å²) >= 11 is 2.13. The normalized spacial score (nSPS) is 37.0. The van der Waals surface area contributed by atoms with Crippen molar-refractivity contribution < 1.29 is 0 Å². The standard InChI is InChI=1S/C12H24N2S/c1-10-6-13-12(2,3)9-14(10)7-11-4-5-15-8-11/h10-11,13H,4-9H2,1-3H3. The number of thioether (sulfide) groups is 1. The predicted molar refractivity (Wildman–Crippen MR) is 68.5 cm³/mol. The molecule has 2 nitrogen and oxygen atoms in total. The fourth-order valence-electron chi connectivity index (χ4n) is 2.58. The van der Waals surface area contributed by atoms with Crippen molar-refractivity contribution in [1.82, 2.24) is 10.2 Å². The lowest BCUT2D eigenvalue weighted by Crippen LogP contribution is -2.61. The second-order valence-electron chi connectivity index (χ2n) is 5.77. The van der Waals surface area contributed by atoms with Gasteiger partial charge >= 0.3 is 0 Å². The summed E-state index contributed by atoms with van der Waals surface area (Å²) in [4.78, 5) is 2.69. The first-order valence-corrected chi connectivity index (χ1v) is 7.29.